The molecular formula is C46H58N8O7S. The molecule has 4 heterocycles. The number of carbonyl (C=O) groups excluding carboxylic acids is 1. The van der Waals surface area contributed by atoms with E-state index in [1.807, 2.05) is 12.1 Å². The summed E-state index contributed by atoms with van der Waals surface area (Å²) < 4.78 is 41.2. The number of piperazine rings is 1. The lowest BCUT2D eigenvalue weighted by molar-refractivity contribution is -0.384. The highest BCUT2D eigenvalue weighted by molar-refractivity contribution is 7.90. The lowest BCUT2D eigenvalue weighted by atomic mass is 9.69. The Morgan fingerprint density at radius 3 is 2.56 bits per heavy atom. The number of rotatable bonds is 14. The van der Waals surface area contributed by atoms with Crippen molar-refractivity contribution in [3.8, 4) is 11.5 Å². The topological polar surface area (TPSA) is 175 Å². The summed E-state index contributed by atoms with van der Waals surface area (Å²) in [5.41, 5.74) is 5.09. The minimum absolute atomic E-state index is 0.0140. The SMILES string of the molecule is CC1C[C@@H](C2=C(CN3CCN(c4ccc(C(=O)NS(=O)(=O)c5ccc(NCCN6CCOCC6)c([N+](=O)[O-])c5)c(Oc5cnc6[nH]ccc6c5)c4)CC3)CCC(C)(C)C2)C2CC12. The van der Waals surface area contributed by atoms with E-state index in [-0.39, 0.29) is 17.0 Å². The van der Waals surface area contributed by atoms with Gasteiger partial charge in [0.15, 0.2) is 0 Å². The second-order valence-corrected chi connectivity index (χ2v) is 20.4. The number of nitro groups is 1. The number of hydrogen-bond donors (Lipinski definition) is 3. The molecule has 330 valence electrons. The lowest BCUT2D eigenvalue weighted by Crippen LogP contribution is -2.47. The summed E-state index contributed by atoms with van der Waals surface area (Å²) in [6, 6.07) is 12.4. The fourth-order valence-corrected chi connectivity index (χ4v) is 11.3. The maximum absolute atomic E-state index is 13.9. The standard InChI is InChI=1S/C46H58N8O7S/c1-30-22-38(39-26-37(30)39)40-27-46(2,3)10-8-32(40)29-52-14-16-53(17-15-52)33-4-6-36(43(24-33)61-34-23-31-9-11-48-44(31)49-28-34)45(55)50-62(58,59)35-5-7-41(42(25-35)54(56)57)47-12-13-51-18-20-60-21-19-51/h4-7,9,11,23-25,28,30,37-39,47H,8,10,12-22,26-27,29H2,1-3H3,(H,48,49)(H,50,55)/t30?,37?,38-,39?/m1/s1. The summed E-state index contributed by atoms with van der Waals surface area (Å²) in [7, 11) is -4.54. The van der Waals surface area contributed by atoms with E-state index in [1.165, 1.54) is 44.2 Å². The number of aromatic amines is 1. The molecule has 0 spiro atoms. The summed E-state index contributed by atoms with van der Waals surface area (Å²) in [6.45, 7) is 15.6. The molecule has 4 atom stereocenters. The Kier molecular flexibility index (Phi) is 11.8. The van der Waals surface area contributed by atoms with E-state index in [4.69, 9.17) is 9.47 Å². The van der Waals surface area contributed by atoms with E-state index in [9.17, 15) is 23.3 Å². The van der Waals surface area contributed by atoms with Crippen LogP contribution in [0.1, 0.15) is 63.2 Å². The molecule has 2 saturated heterocycles. The van der Waals surface area contributed by atoms with Gasteiger partial charge in [-0.05, 0) is 97.6 Å². The maximum Gasteiger partial charge on any atom is 0.293 e. The highest BCUT2D eigenvalue weighted by Crippen LogP contribution is 2.62. The Balaban J connectivity index is 0.910. The summed E-state index contributed by atoms with van der Waals surface area (Å²) in [5.74, 6) is 3.04. The van der Waals surface area contributed by atoms with Gasteiger partial charge in [0.2, 0.25) is 0 Å². The fourth-order valence-electron chi connectivity index (χ4n) is 10.4. The number of sulfonamides is 1. The average Bonchev–Trinajstić information content (AvgIpc) is 3.80. The Bertz CT molecular complexity index is 2470. The molecule has 0 radical (unpaired) electrons. The molecule has 0 bridgehead atoms. The van der Waals surface area contributed by atoms with Crippen molar-refractivity contribution in [2.45, 2.75) is 57.8 Å². The normalized spacial score (nSPS) is 24.2. The molecular weight excluding hydrogens is 809 g/mol. The van der Waals surface area contributed by atoms with Crippen molar-refractivity contribution >= 4 is 44.0 Å². The van der Waals surface area contributed by atoms with Gasteiger partial charge in [0.25, 0.3) is 21.6 Å². The molecule has 3 unspecified atom stereocenters. The molecule has 62 heavy (non-hydrogen) atoms. The number of nitrogens with zero attached hydrogens (tertiary/aromatic N) is 5. The molecule has 2 aromatic heterocycles. The van der Waals surface area contributed by atoms with Crippen LogP contribution in [-0.4, -0.2) is 111 Å². The van der Waals surface area contributed by atoms with Crippen molar-refractivity contribution in [1.29, 1.82) is 0 Å². The predicted molar refractivity (Wildman–Crippen MR) is 238 cm³/mol. The summed E-state index contributed by atoms with van der Waals surface area (Å²) in [6.07, 6.45) is 9.72. The first-order valence-corrected chi connectivity index (χ1v) is 23.6. The van der Waals surface area contributed by atoms with Gasteiger partial charge >= 0.3 is 0 Å². The van der Waals surface area contributed by atoms with Crippen LogP contribution >= 0.6 is 0 Å². The molecule has 2 aromatic carbocycles. The van der Waals surface area contributed by atoms with E-state index in [2.05, 4.69) is 55.5 Å². The second-order valence-electron chi connectivity index (χ2n) is 18.7. The number of hydrogen-bond acceptors (Lipinski definition) is 12. The van der Waals surface area contributed by atoms with Crippen molar-refractivity contribution in [2.24, 2.45) is 29.1 Å². The minimum atomic E-state index is -4.54. The molecule has 9 rings (SSSR count). The Labute approximate surface area is 363 Å². The first-order valence-electron chi connectivity index (χ1n) is 22.1. The quantitative estimate of drug-likeness (QED) is 0.0671. The van der Waals surface area contributed by atoms with Crippen molar-refractivity contribution < 1.29 is 27.6 Å². The minimum Gasteiger partial charge on any atom is -0.455 e. The van der Waals surface area contributed by atoms with Gasteiger partial charge in [-0.3, -0.25) is 24.7 Å². The lowest BCUT2D eigenvalue weighted by Gasteiger charge is -2.40. The molecule has 4 aromatic rings. The molecule has 1 amide bonds. The van der Waals surface area contributed by atoms with Gasteiger partial charge in [0, 0.05) is 88.3 Å². The summed E-state index contributed by atoms with van der Waals surface area (Å²) in [5, 5.41) is 16.0. The molecule has 5 aliphatic rings. The molecule has 16 heteroatoms. The Morgan fingerprint density at radius 2 is 1.82 bits per heavy atom. The smallest absolute Gasteiger partial charge is 0.293 e. The van der Waals surface area contributed by atoms with E-state index >= 15 is 0 Å². The molecule has 2 saturated carbocycles. The largest absolute Gasteiger partial charge is 0.455 e. The Morgan fingerprint density at radius 1 is 1.02 bits per heavy atom. The summed E-state index contributed by atoms with van der Waals surface area (Å²) >= 11 is 0. The Hall–Kier alpha value is -5.03. The number of amides is 1. The van der Waals surface area contributed by atoms with Gasteiger partial charge < -0.3 is 24.7 Å². The monoisotopic (exact) mass is 866 g/mol. The van der Waals surface area contributed by atoms with Crippen LogP contribution in [0.5, 0.6) is 11.5 Å². The zero-order valence-corrected chi connectivity index (χ0v) is 36.7. The second kappa shape index (κ2) is 17.3. The number of anilines is 2. The zero-order valence-electron chi connectivity index (χ0n) is 35.9. The van der Waals surface area contributed by atoms with E-state index in [0.29, 0.717) is 43.1 Å². The van der Waals surface area contributed by atoms with E-state index in [0.717, 1.165) is 86.6 Å². The third-order valence-electron chi connectivity index (χ3n) is 14.0. The van der Waals surface area contributed by atoms with Crippen LogP contribution in [0.3, 0.4) is 0 Å². The van der Waals surface area contributed by atoms with E-state index < -0.39 is 31.4 Å². The van der Waals surface area contributed by atoms with Crippen LogP contribution in [-0.2, 0) is 14.8 Å². The predicted octanol–water partition coefficient (Wildman–Crippen LogP) is 7.05. The highest BCUT2D eigenvalue weighted by Gasteiger charge is 2.54. The number of carbonyl (C=O) groups is 1. The van der Waals surface area contributed by atoms with Crippen LogP contribution in [0.15, 0.2) is 77.0 Å². The van der Waals surface area contributed by atoms with Gasteiger partial charge in [0.1, 0.15) is 22.8 Å². The third kappa shape index (κ3) is 9.19. The maximum atomic E-state index is 13.9. The number of pyridine rings is 1. The number of fused-ring (bicyclic) bond motifs is 2. The van der Waals surface area contributed by atoms with Crippen molar-refractivity contribution in [2.75, 3.05) is 82.3 Å². The van der Waals surface area contributed by atoms with Crippen LogP contribution in [0.2, 0.25) is 0 Å². The van der Waals surface area contributed by atoms with Crippen molar-refractivity contribution in [3.05, 3.63) is 87.7 Å². The molecule has 15 nitrogen and oxygen atoms in total. The van der Waals surface area contributed by atoms with Gasteiger partial charge in [-0.15, -0.1) is 0 Å². The highest BCUT2D eigenvalue weighted by atomic mass is 32.2. The molecule has 2 aliphatic heterocycles. The zero-order chi connectivity index (χ0) is 43.2. The molecule has 3 N–H and O–H groups in total. The number of H-pyrrole nitrogens is 1. The van der Waals surface area contributed by atoms with Gasteiger partial charge in [0.05, 0.1) is 34.8 Å². The number of nitrogens with one attached hydrogen (secondary N) is 3. The number of ether oxygens (including phenoxy) is 2. The van der Waals surface area contributed by atoms with Crippen LogP contribution in [0.4, 0.5) is 17.1 Å². The first-order chi connectivity index (χ1) is 29.8. The van der Waals surface area contributed by atoms with Crippen molar-refractivity contribution in [3.63, 3.8) is 0 Å². The number of aromatic nitrogens is 2. The average molecular weight is 867 g/mol. The van der Waals surface area contributed by atoms with Crippen LogP contribution in [0, 0.1) is 39.2 Å². The number of morpholine rings is 1. The third-order valence-corrected chi connectivity index (χ3v) is 15.3. The van der Waals surface area contributed by atoms with Crippen molar-refractivity contribution in [1.82, 2.24) is 24.5 Å². The number of allylic oxidation sites excluding steroid dienone is 1. The molecule has 4 fully saturated rings. The van der Waals surface area contributed by atoms with Gasteiger partial charge in [-0.1, -0.05) is 31.9 Å². The van der Waals surface area contributed by atoms with Crippen LogP contribution < -0.4 is 19.7 Å². The number of benzene rings is 2. The van der Waals surface area contributed by atoms with E-state index in [1.54, 1.807) is 41.7 Å². The number of nitro benzene ring substituents is 1. The van der Waals surface area contributed by atoms with Crippen LogP contribution in [0.25, 0.3) is 11.0 Å². The van der Waals surface area contributed by atoms with Gasteiger partial charge in [-0.25, -0.2) is 18.1 Å². The molecule has 3 aliphatic carbocycles. The fraction of sp³-hybridized carbons (Fsp3) is 0.522. The first kappa shape index (κ1) is 42.3. The van der Waals surface area contributed by atoms with Gasteiger partial charge in [-0.2, -0.15) is 0 Å². The summed E-state index contributed by atoms with van der Waals surface area (Å²) in [4.78, 5) is 39.5.